The summed E-state index contributed by atoms with van der Waals surface area (Å²) < 4.78 is 27.4. The summed E-state index contributed by atoms with van der Waals surface area (Å²) in [6.45, 7) is 1.28. The van der Waals surface area contributed by atoms with E-state index in [0.717, 1.165) is 28.9 Å². The van der Waals surface area contributed by atoms with Gasteiger partial charge in [0, 0.05) is 17.7 Å². The minimum absolute atomic E-state index is 0.0583. The molecule has 6 nitrogen and oxygen atoms in total. The Morgan fingerprint density at radius 2 is 2.09 bits per heavy atom. The Hall–Kier alpha value is -1.25. The van der Waals surface area contributed by atoms with Crippen molar-refractivity contribution in [3.05, 3.63) is 16.8 Å². The van der Waals surface area contributed by atoms with Crippen molar-refractivity contribution < 1.29 is 13.2 Å². The molecule has 0 aliphatic heterocycles. The maximum absolute atomic E-state index is 11.0. The second kappa shape index (κ2) is 7.11. The summed E-state index contributed by atoms with van der Waals surface area (Å²) in [5.41, 5.74) is 1.40. The van der Waals surface area contributed by atoms with E-state index >= 15 is 0 Å². The number of thiophene rings is 1. The van der Waals surface area contributed by atoms with Gasteiger partial charge in [-0.3, -0.25) is 0 Å². The molecule has 2 aromatic heterocycles. The van der Waals surface area contributed by atoms with Crippen LogP contribution in [0.4, 0.5) is 5.82 Å². The van der Waals surface area contributed by atoms with Crippen LogP contribution in [0.25, 0.3) is 10.2 Å². The Morgan fingerprint density at radius 1 is 1.26 bits per heavy atom. The van der Waals surface area contributed by atoms with Crippen molar-refractivity contribution in [3.63, 3.8) is 0 Å². The van der Waals surface area contributed by atoms with E-state index in [2.05, 4.69) is 15.3 Å². The van der Waals surface area contributed by atoms with Gasteiger partial charge in [0.05, 0.1) is 24.4 Å². The van der Waals surface area contributed by atoms with E-state index in [1.165, 1.54) is 29.5 Å². The molecule has 2 heterocycles. The molecule has 2 aromatic rings. The fourth-order valence-electron chi connectivity index (χ4n) is 2.78. The molecule has 1 aliphatic rings. The predicted octanol–water partition coefficient (Wildman–Crippen LogP) is 2.04. The molecule has 0 saturated carbocycles. The fraction of sp³-hybridized carbons (Fsp3) is 0.600. The number of sulfone groups is 1. The molecule has 0 atom stereocenters. The van der Waals surface area contributed by atoms with E-state index in [9.17, 15) is 8.42 Å². The van der Waals surface area contributed by atoms with Crippen LogP contribution in [0.3, 0.4) is 0 Å². The van der Waals surface area contributed by atoms with Gasteiger partial charge in [0.1, 0.15) is 26.8 Å². The van der Waals surface area contributed by atoms with Crippen LogP contribution in [0.15, 0.2) is 6.33 Å². The summed E-state index contributed by atoms with van der Waals surface area (Å²) in [6, 6.07) is 0. The van der Waals surface area contributed by atoms with E-state index in [1.807, 2.05) is 0 Å². The monoisotopic (exact) mass is 355 g/mol. The highest BCUT2D eigenvalue weighted by Crippen LogP contribution is 2.37. The fourth-order valence-corrected chi connectivity index (χ4v) is 4.43. The zero-order valence-corrected chi connectivity index (χ0v) is 14.8. The van der Waals surface area contributed by atoms with E-state index < -0.39 is 9.84 Å². The van der Waals surface area contributed by atoms with Gasteiger partial charge in [-0.1, -0.05) is 0 Å². The largest absolute Gasteiger partial charge is 0.379 e. The molecule has 3 rings (SSSR count). The first-order valence-corrected chi connectivity index (χ1v) is 10.7. The number of anilines is 1. The Morgan fingerprint density at radius 3 is 2.91 bits per heavy atom. The quantitative estimate of drug-likeness (QED) is 0.766. The van der Waals surface area contributed by atoms with Gasteiger partial charge in [-0.05, 0) is 31.2 Å². The molecule has 0 spiro atoms. The number of fused-ring (bicyclic) bond motifs is 3. The zero-order valence-electron chi connectivity index (χ0n) is 13.2. The molecule has 126 valence electrons. The maximum atomic E-state index is 11.0. The SMILES string of the molecule is CS(=O)(=O)CCOCCNc1ncnc2sc3c(c12)CCCC3. The van der Waals surface area contributed by atoms with Crippen LogP contribution < -0.4 is 5.32 Å². The van der Waals surface area contributed by atoms with Crippen molar-refractivity contribution >= 4 is 37.2 Å². The Labute approximate surface area is 140 Å². The maximum Gasteiger partial charge on any atom is 0.149 e. The van der Waals surface area contributed by atoms with Crippen molar-refractivity contribution in [1.29, 1.82) is 0 Å². The molecular formula is C15H21N3O3S2. The highest BCUT2D eigenvalue weighted by molar-refractivity contribution is 7.90. The summed E-state index contributed by atoms with van der Waals surface area (Å²) in [5.74, 6) is 0.920. The van der Waals surface area contributed by atoms with Crippen molar-refractivity contribution in [2.24, 2.45) is 0 Å². The minimum atomic E-state index is -2.96. The van der Waals surface area contributed by atoms with E-state index in [-0.39, 0.29) is 12.4 Å². The van der Waals surface area contributed by atoms with Crippen LogP contribution >= 0.6 is 11.3 Å². The average Bonchev–Trinajstić information content (AvgIpc) is 2.89. The van der Waals surface area contributed by atoms with Gasteiger partial charge in [-0.2, -0.15) is 0 Å². The first-order chi connectivity index (χ1) is 11.0. The lowest BCUT2D eigenvalue weighted by atomic mass is 9.97. The smallest absolute Gasteiger partial charge is 0.149 e. The summed E-state index contributed by atoms with van der Waals surface area (Å²) in [4.78, 5) is 11.3. The van der Waals surface area contributed by atoms with Crippen molar-refractivity contribution in [2.45, 2.75) is 25.7 Å². The number of aromatic nitrogens is 2. The standard InChI is InChI=1S/C15H21N3O3S2/c1-23(19,20)9-8-21-7-6-16-14-13-11-4-2-3-5-12(11)22-15(13)18-10-17-14/h10H,2-9H2,1H3,(H,16,17,18). The molecule has 1 aliphatic carbocycles. The second-order valence-electron chi connectivity index (χ2n) is 5.78. The number of aryl methyl sites for hydroxylation is 2. The highest BCUT2D eigenvalue weighted by Gasteiger charge is 2.19. The number of nitrogens with one attached hydrogen (secondary N) is 1. The molecule has 0 amide bonds. The zero-order chi connectivity index (χ0) is 16.3. The summed E-state index contributed by atoms with van der Waals surface area (Å²) in [7, 11) is -2.96. The molecule has 0 bridgehead atoms. The lowest BCUT2D eigenvalue weighted by Gasteiger charge is -2.12. The first-order valence-electron chi connectivity index (χ1n) is 7.79. The molecule has 8 heteroatoms. The van der Waals surface area contributed by atoms with E-state index in [1.54, 1.807) is 17.7 Å². The lowest BCUT2D eigenvalue weighted by Crippen LogP contribution is -2.15. The first kappa shape index (κ1) is 16.6. The van der Waals surface area contributed by atoms with Crippen LogP contribution in [-0.2, 0) is 27.4 Å². The molecule has 0 radical (unpaired) electrons. The van der Waals surface area contributed by atoms with Crippen molar-refractivity contribution in [1.82, 2.24) is 9.97 Å². The van der Waals surface area contributed by atoms with Gasteiger partial charge in [-0.25, -0.2) is 18.4 Å². The third kappa shape index (κ3) is 4.19. The third-order valence-corrected chi connectivity index (χ3v) is 6.00. The predicted molar refractivity (Wildman–Crippen MR) is 93.1 cm³/mol. The van der Waals surface area contributed by atoms with Crippen LogP contribution in [-0.4, -0.2) is 50.2 Å². The topological polar surface area (TPSA) is 81.2 Å². The van der Waals surface area contributed by atoms with Gasteiger partial charge in [0.25, 0.3) is 0 Å². The van der Waals surface area contributed by atoms with Crippen LogP contribution in [0.1, 0.15) is 23.3 Å². The number of nitrogens with zero attached hydrogens (tertiary/aromatic N) is 2. The van der Waals surface area contributed by atoms with Crippen molar-refractivity contribution in [2.75, 3.05) is 37.1 Å². The summed E-state index contributed by atoms with van der Waals surface area (Å²) in [6.07, 6.45) is 7.53. The molecular weight excluding hydrogens is 334 g/mol. The Kier molecular flexibility index (Phi) is 5.13. The number of rotatable bonds is 7. The molecule has 0 saturated heterocycles. The molecule has 0 fully saturated rings. The minimum Gasteiger partial charge on any atom is -0.379 e. The van der Waals surface area contributed by atoms with E-state index in [4.69, 9.17) is 4.74 Å². The van der Waals surface area contributed by atoms with Gasteiger partial charge in [0.15, 0.2) is 0 Å². The van der Waals surface area contributed by atoms with E-state index in [0.29, 0.717) is 13.2 Å². The van der Waals surface area contributed by atoms with Crippen LogP contribution in [0, 0.1) is 0 Å². The van der Waals surface area contributed by atoms with Crippen molar-refractivity contribution in [3.8, 4) is 0 Å². The number of hydrogen-bond acceptors (Lipinski definition) is 7. The summed E-state index contributed by atoms with van der Waals surface area (Å²) in [5, 5.41) is 4.46. The molecule has 0 aromatic carbocycles. The van der Waals surface area contributed by atoms with Gasteiger partial charge < -0.3 is 10.1 Å². The second-order valence-corrected chi connectivity index (χ2v) is 9.13. The summed E-state index contributed by atoms with van der Waals surface area (Å²) >= 11 is 1.77. The molecule has 0 unspecified atom stereocenters. The number of hydrogen-bond donors (Lipinski definition) is 1. The van der Waals surface area contributed by atoms with Crippen LogP contribution in [0.2, 0.25) is 0 Å². The lowest BCUT2D eigenvalue weighted by molar-refractivity contribution is 0.159. The normalized spacial score (nSPS) is 14.8. The highest BCUT2D eigenvalue weighted by atomic mass is 32.2. The molecule has 1 N–H and O–H groups in total. The van der Waals surface area contributed by atoms with Gasteiger partial charge in [0.2, 0.25) is 0 Å². The number of ether oxygens (including phenoxy) is 1. The third-order valence-electron chi connectivity index (χ3n) is 3.89. The van der Waals surface area contributed by atoms with Crippen LogP contribution in [0.5, 0.6) is 0 Å². The Balaban J connectivity index is 1.61. The van der Waals surface area contributed by atoms with Gasteiger partial charge in [-0.15, -0.1) is 11.3 Å². The average molecular weight is 355 g/mol. The van der Waals surface area contributed by atoms with Gasteiger partial charge >= 0.3 is 0 Å². The molecule has 23 heavy (non-hydrogen) atoms. The Bertz CT molecular complexity index is 787.